The molecule has 2 amide bonds. The Bertz CT molecular complexity index is 1120. The van der Waals surface area contributed by atoms with Crippen LogP contribution in [0.15, 0.2) is 42.5 Å². The highest BCUT2D eigenvalue weighted by atomic mass is 32.2. The highest BCUT2D eigenvalue weighted by molar-refractivity contribution is 7.92. The predicted molar refractivity (Wildman–Crippen MR) is 132 cm³/mol. The van der Waals surface area contributed by atoms with E-state index >= 15 is 0 Å². The van der Waals surface area contributed by atoms with E-state index in [2.05, 4.69) is 5.32 Å². The molecule has 2 aromatic rings. The third kappa shape index (κ3) is 7.28. The fraction of sp³-hybridized carbons (Fsp3) is 0.440. The van der Waals surface area contributed by atoms with Crippen molar-refractivity contribution >= 4 is 27.5 Å². The summed E-state index contributed by atoms with van der Waals surface area (Å²) in [6.07, 6.45) is 2.71. The van der Waals surface area contributed by atoms with Crippen molar-refractivity contribution in [2.45, 2.75) is 53.1 Å². The Morgan fingerprint density at radius 3 is 2.38 bits per heavy atom. The number of nitrogens with zero attached hydrogens (tertiary/aromatic N) is 2. The first kappa shape index (κ1) is 27.3. The first-order chi connectivity index (χ1) is 16.0. The summed E-state index contributed by atoms with van der Waals surface area (Å²) in [7, 11) is -3.82. The zero-order chi connectivity index (χ0) is 25.5. The molecule has 0 saturated carbocycles. The van der Waals surface area contributed by atoms with Crippen LogP contribution in [0.3, 0.4) is 0 Å². The standard InChI is InChI=1S/C25H34FN3O4S/c1-6-7-14-27-25(31)20(4)28(16-21-10-8-9-11-22(21)26)24(30)17-29(34(5,32)33)23-13-12-18(2)15-19(23)3/h8-13,15,20H,6-7,14,16-17H2,1-5H3,(H,27,31)/t20-/m0/s1. The molecule has 2 rings (SSSR count). The van der Waals surface area contributed by atoms with Gasteiger partial charge in [0.05, 0.1) is 11.9 Å². The molecule has 1 N–H and O–H groups in total. The van der Waals surface area contributed by atoms with E-state index in [4.69, 9.17) is 0 Å². The van der Waals surface area contributed by atoms with Gasteiger partial charge in [-0.1, -0.05) is 49.2 Å². The normalized spacial score (nSPS) is 12.2. The molecule has 0 fully saturated rings. The number of unbranched alkanes of at least 4 members (excludes halogenated alkanes) is 1. The maximum absolute atomic E-state index is 14.4. The van der Waals surface area contributed by atoms with Gasteiger partial charge >= 0.3 is 0 Å². The maximum Gasteiger partial charge on any atom is 0.244 e. The van der Waals surface area contributed by atoms with Crippen molar-refractivity contribution in [2.24, 2.45) is 0 Å². The van der Waals surface area contributed by atoms with E-state index in [0.29, 0.717) is 17.8 Å². The molecule has 9 heteroatoms. The van der Waals surface area contributed by atoms with Crippen molar-refractivity contribution in [3.05, 3.63) is 65.0 Å². The van der Waals surface area contributed by atoms with Crippen molar-refractivity contribution in [3.63, 3.8) is 0 Å². The monoisotopic (exact) mass is 491 g/mol. The lowest BCUT2D eigenvalue weighted by Gasteiger charge is -2.32. The Morgan fingerprint density at radius 2 is 1.79 bits per heavy atom. The van der Waals surface area contributed by atoms with Gasteiger partial charge in [-0.15, -0.1) is 0 Å². The number of rotatable bonds is 11. The van der Waals surface area contributed by atoms with Crippen LogP contribution in [0.25, 0.3) is 0 Å². The lowest BCUT2D eigenvalue weighted by atomic mass is 10.1. The van der Waals surface area contributed by atoms with Crippen molar-refractivity contribution < 1.29 is 22.4 Å². The number of hydrogen-bond donors (Lipinski definition) is 1. The second-order valence-electron chi connectivity index (χ2n) is 8.49. The summed E-state index contributed by atoms with van der Waals surface area (Å²) in [5, 5.41) is 2.79. The molecule has 0 aromatic heterocycles. The second-order valence-corrected chi connectivity index (χ2v) is 10.4. The minimum Gasteiger partial charge on any atom is -0.354 e. The quantitative estimate of drug-likeness (QED) is 0.487. The number of benzene rings is 2. The van der Waals surface area contributed by atoms with Crippen LogP contribution in [0.2, 0.25) is 0 Å². The molecule has 0 saturated heterocycles. The van der Waals surface area contributed by atoms with Crippen molar-refractivity contribution in [1.82, 2.24) is 10.2 Å². The fourth-order valence-corrected chi connectivity index (χ4v) is 4.52. The topological polar surface area (TPSA) is 86.8 Å². The van der Waals surface area contributed by atoms with Crippen LogP contribution < -0.4 is 9.62 Å². The van der Waals surface area contributed by atoms with Crippen LogP contribution in [0.5, 0.6) is 0 Å². The molecule has 0 radical (unpaired) electrons. The number of amides is 2. The second kappa shape index (κ2) is 12.0. The number of sulfonamides is 1. The number of aryl methyl sites for hydroxylation is 2. The highest BCUT2D eigenvalue weighted by Gasteiger charge is 2.30. The number of nitrogens with one attached hydrogen (secondary N) is 1. The molecular weight excluding hydrogens is 457 g/mol. The molecule has 2 aromatic carbocycles. The Kier molecular flexibility index (Phi) is 9.61. The number of halogens is 1. The van der Waals surface area contributed by atoms with Gasteiger partial charge in [0.1, 0.15) is 18.4 Å². The Morgan fingerprint density at radius 1 is 1.12 bits per heavy atom. The minimum atomic E-state index is -3.82. The van der Waals surface area contributed by atoms with E-state index in [0.717, 1.165) is 29.0 Å². The van der Waals surface area contributed by atoms with Gasteiger partial charge in [-0.2, -0.15) is 0 Å². The van der Waals surface area contributed by atoms with Crippen LogP contribution in [-0.4, -0.2) is 50.5 Å². The van der Waals surface area contributed by atoms with Gasteiger partial charge in [-0.25, -0.2) is 12.8 Å². The van der Waals surface area contributed by atoms with Crippen LogP contribution in [0.4, 0.5) is 10.1 Å². The maximum atomic E-state index is 14.4. The summed E-state index contributed by atoms with van der Waals surface area (Å²) in [6.45, 7) is 6.99. The van der Waals surface area contributed by atoms with Gasteiger partial charge in [-0.05, 0) is 44.9 Å². The van der Waals surface area contributed by atoms with E-state index in [1.807, 2.05) is 19.9 Å². The molecule has 186 valence electrons. The van der Waals surface area contributed by atoms with Gasteiger partial charge < -0.3 is 10.2 Å². The molecule has 0 aliphatic rings. The average Bonchev–Trinajstić information content (AvgIpc) is 2.76. The van der Waals surface area contributed by atoms with Gasteiger partial charge in [0.25, 0.3) is 0 Å². The largest absolute Gasteiger partial charge is 0.354 e. The molecule has 0 heterocycles. The molecule has 1 atom stereocenters. The van der Waals surface area contributed by atoms with E-state index in [9.17, 15) is 22.4 Å². The van der Waals surface area contributed by atoms with E-state index in [1.165, 1.54) is 23.1 Å². The zero-order valence-electron chi connectivity index (χ0n) is 20.5. The molecule has 7 nitrogen and oxygen atoms in total. The van der Waals surface area contributed by atoms with Gasteiger partial charge in [0.15, 0.2) is 0 Å². The lowest BCUT2D eigenvalue weighted by molar-refractivity contribution is -0.139. The number of carbonyl (C=O) groups excluding carboxylic acids is 2. The highest BCUT2D eigenvalue weighted by Crippen LogP contribution is 2.24. The Hall–Kier alpha value is -2.94. The molecule has 34 heavy (non-hydrogen) atoms. The van der Waals surface area contributed by atoms with Crippen LogP contribution in [0, 0.1) is 19.7 Å². The first-order valence-corrected chi connectivity index (χ1v) is 13.2. The third-order valence-corrected chi connectivity index (χ3v) is 6.72. The minimum absolute atomic E-state index is 0.168. The van der Waals surface area contributed by atoms with Gasteiger partial charge in [0.2, 0.25) is 21.8 Å². The van der Waals surface area contributed by atoms with Crippen LogP contribution in [-0.2, 0) is 26.2 Å². The average molecular weight is 492 g/mol. The number of carbonyl (C=O) groups is 2. The number of anilines is 1. The molecule has 0 bridgehead atoms. The Balaban J connectivity index is 2.39. The first-order valence-electron chi connectivity index (χ1n) is 11.3. The summed E-state index contributed by atoms with van der Waals surface area (Å²) < 4.78 is 40.7. The molecular formula is C25H34FN3O4S. The third-order valence-electron chi connectivity index (χ3n) is 5.60. The SMILES string of the molecule is CCCCNC(=O)[C@H](C)N(Cc1ccccc1F)C(=O)CN(c1ccc(C)cc1C)S(C)(=O)=O. The van der Waals surface area contributed by atoms with E-state index < -0.39 is 34.3 Å². The Labute approximate surface area is 202 Å². The molecule has 0 spiro atoms. The lowest BCUT2D eigenvalue weighted by Crippen LogP contribution is -2.51. The van der Waals surface area contributed by atoms with Crippen LogP contribution in [0.1, 0.15) is 43.4 Å². The van der Waals surface area contributed by atoms with Crippen molar-refractivity contribution in [1.29, 1.82) is 0 Å². The molecule has 0 aliphatic heterocycles. The van der Waals surface area contributed by atoms with E-state index in [1.54, 1.807) is 32.0 Å². The number of hydrogen-bond acceptors (Lipinski definition) is 4. The van der Waals surface area contributed by atoms with Gasteiger partial charge in [0, 0.05) is 18.7 Å². The van der Waals surface area contributed by atoms with E-state index in [-0.39, 0.29) is 18.0 Å². The molecule has 0 unspecified atom stereocenters. The van der Waals surface area contributed by atoms with Crippen molar-refractivity contribution in [2.75, 3.05) is 23.7 Å². The summed E-state index contributed by atoms with van der Waals surface area (Å²) in [5.74, 6) is -1.49. The summed E-state index contributed by atoms with van der Waals surface area (Å²) in [4.78, 5) is 27.4. The summed E-state index contributed by atoms with van der Waals surface area (Å²) >= 11 is 0. The van der Waals surface area contributed by atoms with Gasteiger partial charge in [-0.3, -0.25) is 13.9 Å². The molecule has 0 aliphatic carbocycles. The van der Waals surface area contributed by atoms with Crippen molar-refractivity contribution in [3.8, 4) is 0 Å². The zero-order valence-corrected chi connectivity index (χ0v) is 21.3. The predicted octanol–water partition coefficient (Wildman–Crippen LogP) is 3.54. The fourth-order valence-electron chi connectivity index (χ4n) is 3.61. The summed E-state index contributed by atoms with van der Waals surface area (Å²) in [6, 6.07) is 10.3. The van der Waals surface area contributed by atoms with Crippen LogP contribution >= 0.6 is 0 Å². The summed E-state index contributed by atoms with van der Waals surface area (Å²) in [5.41, 5.74) is 2.28. The smallest absolute Gasteiger partial charge is 0.244 e.